The van der Waals surface area contributed by atoms with Crippen molar-refractivity contribution in [3.63, 3.8) is 0 Å². The lowest BCUT2D eigenvalue weighted by Crippen LogP contribution is -2.35. The number of carbonyl (C=O) groups is 1. The van der Waals surface area contributed by atoms with Gasteiger partial charge in [0.15, 0.2) is 0 Å². The summed E-state index contributed by atoms with van der Waals surface area (Å²) in [6.45, 7) is 5.92. The highest BCUT2D eigenvalue weighted by Crippen LogP contribution is 2.27. The number of hydrogen-bond donors (Lipinski definition) is 1. The molecule has 0 spiro atoms. The molecule has 0 radical (unpaired) electrons. The minimum Gasteiger partial charge on any atom is -0.376 e. The van der Waals surface area contributed by atoms with Crippen LogP contribution in [0, 0.1) is 5.92 Å². The lowest BCUT2D eigenvalue weighted by Gasteiger charge is -2.19. The molecule has 0 unspecified atom stereocenters. The zero-order valence-corrected chi connectivity index (χ0v) is 15.9. The number of carbonyl (C=O) groups excluding carboxylic acids is 1. The highest BCUT2D eigenvalue weighted by Gasteiger charge is 2.27. The van der Waals surface area contributed by atoms with Crippen molar-refractivity contribution < 1.29 is 9.53 Å². The Hall–Kier alpha value is -2.00. The number of rotatable bonds is 8. The van der Waals surface area contributed by atoms with Crippen LogP contribution in [-0.2, 0) is 22.6 Å². The summed E-state index contributed by atoms with van der Waals surface area (Å²) in [5, 5.41) is 15.3. The summed E-state index contributed by atoms with van der Waals surface area (Å²) in [7, 11) is 0. The zero-order valence-electron chi connectivity index (χ0n) is 15.0. The predicted molar refractivity (Wildman–Crippen MR) is 97.4 cm³/mol. The predicted octanol–water partition coefficient (Wildman–Crippen LogP) is 1.68. The molecule has 26 heavy (non-hydrogen) atoms. The number of ether oxygens (including phenoxy) is 1. The van der Waals surface area contributed by atoms with Gasteiger partial charge < -0.3 is 10.1 Å². The molecule has 3 heterocycles. The highest BCUT2D eigenvalue weighted by atomic mass is 32.2. The van der Waals surface area contributed by atoms with E-state index in [1.165, 1.54) is 11.8 Å². The molecule has 2 aromatic rings. The van der Waals surface area contributed by atoms with E-state index in [9.17, 15) is 4.79 Å². The molecule has 2 aromatic heterocycles. The summed E-state index contributed by atoms with van der Waals surface area (Å²) < 4.78 is 7.40. The van der Waals surface area contributed by atoms with E-state index in [4.69, 9.17) is 4.74 Å². The van der Waals surface area contributed by atoms with E-state index in [2.05, 4.69) is 25.8 Å². The molecule has 1 aliphatic rings. The van der Waals surface area contributed by atoms with Gasteiger partial charge in [-0.15, -0.1) is 5.10 Å². The van der Waals surface area contributed by atoms with Crippen molar-refractivity contribution in [1.82, 2.24) is 30.5 Å². The maximum Gasteiger partial charge on any atom is 0.234 e. The summed E-state index contributed by atoms with van der Waals surface area (Å²) in [4.78, 5) is 16.8. The van der Waals surface area contributed by atoms with E-state index in [-0.39, 0.29) is 23.2 Å². The summed E-state index contributed by atoms with van der Waals surface area (Å²) in [6.07, 6.45) is 5.70. The van der Waals surface area contributed by atoms with Crippen LogP contribution in [-0.4, -0.2) is 49.1 Å². The smallest absolute Gasteiger partial charge is 0.234 e. The van der Waals surface area contributed by atoms with Gasteiger partial charge in [0, 0.05) is 25.5 Å². The van der Waals surface area contributed by atoms with Gasteiger partial charge in [0.1, 0.15) is 0 Å². The van der Waals surface area contributed by atoms with E-state index in [0.29, 0.717) is 18.2 Å². The number of nitrogens with zero attached hydrogens (tertiary/aromatic N) is 5. The van der Waals surface area contributed by atoms with Crippen LogP contribution in [0.1, 0.15) is 32.3 Å². The van der Waals surface area contributed by atoms with Crippen LogP contribution in [0.4, 0.5) is 0 Å². The Morgan fingerprint density at radius 3 is 3.08 bits per heavy atom. The molecule has 1 aliphatic heterocycles. The quantitative estimate of drug-likeness (QED) is 0.700. The number of hydrogen-bond acceptors (Lipinski definition) is 7. The van der Waals surface area contributed by atoms with Crippen molar-refractivity contribution >= 4 is 17.7 Å². The average molecular weight is 376 g/mol. The minimum absolute atomic E-state index is 0.0273. The van der Waals surface area contributed by atoms with Crippen molar-refractivity contribution in [1.29, 1.82) is 0 Å². The van der Waals surface area contributed by atoms with Gasteiger partial charge >= 0.3 is 0 Å². The fourth-order valence-electron chi connectivity index (χ4n) is 2.78. The summed E-state index contributed by atoms with van der Waals surface area (Å²) in [5.41, 5.74) is 0.969. The number of amides is 1. The van der Waals surface area contributed by atoms with Crippen LogP contribution in [0.5, 0.6) is 0 Å². The first kappa shape index (κ1) is 18.8. The van der Waals surface area contributed by atoms with Crippen molar-refractivity contribution in [2.75, 3.05) is 6.61 Å². The largest absolute Gasteiger partial charge is 0.376 e. The number of tetrazole rings is 1. The van der Waals surface area contributed by atoms with Crippen LogP contribution in [0.3, 0.4) is 0 Å². The lowest BCUT2D eigenvalue weighted by atomic mass is 10.1. The third kappa shape index (κ3) is 5.01. The van der Waals surface area contributed by atoms with Gasteiger partial charge in [0.05, 0.1) is 17.9 Å². The Bertz CT molecular complexity index is 702. The third-order valence-corrected chi connectivity index (χ3v) is 5.70. The molecule has 1 N–H and O–H groups in total. The molecule has 0 saturated carbocycles. The number of aromatic nitrogens is 5. The Labute approximate surface area is 157 Å². The molecule has 1 amide bonds. The topological polar surface area (TPSA) is 94.8 Å². The molecular formula is C17H24N6O2S. The van der Waals surface area contributed by atoms with E-state index < -0.39 is 0 Å². The highest BCUT2D eigenvalue weighted by molar-refractivity contribution is 8.00. The molecule has 9 heteroatoms. The van der Waals surface area contributed by atoms with Gasteiger partial charge in [-0.25, -0.2) is 4.68 Å². The minimum atomic E-state index is -0.277. The van der Waals surface area contributed by atoms with E-state index in [1.54, 1.807) is 17.1 Å². The van der Waals surface area contributed by atoms with Gasteiger partial charge in [0.2, 0.25) is 11.1 Å². The molecule has 3 rings (SSSR count). The maximum atomic E-state index is 12.7. The van der Waals surface area contributed by atoms with Crippen molar-refractivity contribution in [3.8, 4) is 0 Å². The normalized spacial score (nSPS) is 18.2. The summed E-state index contributed by atoms with van der Waals surface area (Å²) in [6, 6.07) is 3.79. The molecule has 0 bridgehead atoms. The lowest BCUT2D eigenvalue weighted by molar-refractivity contribution is -0.121. The Morgan fingerprint density at radius 2 is 2.38 bits per heavy atom. The maximum absolute atomic E-state index is 12.7. The Kier molecular flexibility index (Phi) is 6.56. The molecule has 1 fully saturated rings. The monoisotopic (exact) mass is 376 g/mol. The average Bonchev–Trinajstić information content (AvgIpc) is 3.31. The van der Waals surface area contributed by atoms with Gasteiger partial charge in [-0.1, -0.05) is 31.7 Å². The first-order valence-electron chi connectivity index (χ1n) is 8.84. The van der Waals surface area contributed by atoms with Crippen LogP contribution >= 0.6 is 11.8 Å². The van der Waals surface area contributed by atoms with E-state index >= 15 is 0 Å². The van der Waals surface area contributed by atoms with Crippen molar-refractivity contribution in [2.45, 2.75) is 56.3 Å². The van der Waals surface area contributed by atoms with E-state index in [1.807, 2.05) is 26.0 Å². The number of nitrogens with one attached hydrogen (secondary N) is 1. The second-order valence-corrected chi connectivity index (χ2v) is 7.75. The molecule has 2 atom stereocenters. The molecule has 8 nitrogen and oxygen atoms in total. The van der Waals surface area contributed by atoms with Gasteiger partial charge in [-0.2, -0.15) is 0 Å². The number of thioether (sulfide) groups is 1. The van der Waals surface area contributed by atoms with Gasteiger partial charge in [0.25, 0.3) is 0 Å². The van der Waals surface area contributed by atoms with Crippen LogP contribution in [0.15, 0.2) is 29.7 Å². The van der Waals surface area contributed by atoms with Gasteiger partial charge in [-0.3, -0.25) is 9.78 Å². The van der Waals surface area contributed by atoms with Crippen LogP contribution in [0.25, 0.3) is 0 Å². The van der Waals surface area contributed by atoms with Gasteiger partial charge in [-0.05, 0) is 40.8 Å². The fraction of sp³-hybridized carbons (Fsp3) is 0.588. The molecule has 140 valence electrons. The molecule has 1 saturated heterocycles. The third-order valence-electron chi connectivity index (χ3n) is 4.19. The van der Waals surface area contributed by atoms with E-state index in [0.717, 1.165) is 25.0 Å². The molecule has 0 aromatic carbocycles. The first-order valence-corrected chi connectivity index (χ1v) is 9.72. The molecule has 0 aliphatic carbocycles. The summed E-state index contributed by atoms with van der Waals surface area (Å²) in [5.74, 6) is 0.113. The SMILES string of the molecule is CC(C)[C@@H](Sc1nnnn1C[C@@H]1CCCO1)C(=O)NCc1cccnc1. The first-order chi connectivity index (χ1) is 12.6. The Balaban J connectivity index is 1.61. The number of pyridine rings is 1. The molecular weight excluding hydrogens is 352 g/mol. The van der Waals surface area contributed by atoms with Crippen LogP contribution in [0.2, 0.25) is 0 Å². The second-order valence-electron chi connectivity index (χ2n) is 6.64. The van der Waals surface area contributed by atoms with Crippen LogP contribution < -0.4 is 5.32 Å². The fourth-order valence-corrected chi connectivity index (χ4v) is 3.78. The van der Waals surface area contributed by atoms with Crippen molar-refractivity contribution in [2.24, 2.45) is 5.92 Å². The van der Waals surface area contributed by atoms with Crippen molar-refractivity contribution in [3.05, 3.63) is 30.1 Å². The standard InChI is InChI=1S/C17H24N6O2S/c1-12(2)15(16(24)19-10-13-5-3-7-18-9-13)26-17-20-21-22-23(17)11-14-6-4-8-25-14/h3,5,7,9,12,14-15H,4,6,8,10-11H2,1-2H3,(H,19,24)/t14-,15+/m0/s1. The summed E-state index contributed by atoms with van der Waals surface area (Å²) >= 11 is 1.40. The second kappa shape index (κ2) is 9.09. The Morgan fingerprint density at radius 1 is 1.50 bits per heavy atom. The zero-order chi connectivity index (χ0) is 18.4.